The summed E-state index contributed by atoms with van der Waals surface area (Å²) in [5.41, 5.74) is 1.64. The largest absolute Gasteiger partial charge is 0.385 e. The van der Waals surface area contributed by atoms with Gasteiger partial charge in [0.2, 0.25) is 0 Å². The summed E-state index contributed by atoms with van der Waals surface area (Å²) in [6.45, 7) is 2.09. The number of hydrogen-bond acceptors (Lipinski definition) is 2. The van der Waals surface area contributed by atoms with E-state index in [9.17, 15) is 9.90 Å². The van der Waals surface area contributed by atoms with Crippen molar-refractivity contribution >= 4 is 5.78 Å². The Kier molecular flexibility index (Phi) is 2.98. The van der Waals surface area contributed by atoms with E-state index in [4.69, 9.17) is 0 Å². The molecular weight excluding hydrogens is 260 g/mol. The van der Waals surface area contributed by atoms with Crippen LogP contribution in [0.3, 0.4) is 0 Å². The monoisotopic (exact) mass is 286 g/mol. The molecule has 0 aromatic heterocycles. The molecular formula is C19H26O2. The summed E-state index contributed by atoms with van der Waals surface area (Å²) in [7, 11) is 0. The van der Waals surface area contributed by atoms with Crippen LogP contribution in [0, 0.1) is 17.3 Å². The van der Waals surface area contributed by atoms with E-state index in [2.05, 4.69) is 19.1 Å². The quantitative estimate of drug-likeness (QED) is 0.732. The van der Waals surface area contributed by atoms with Crippen molar-refractivity contribution in [2.45, 2.75) is 70.3 Å². The molecule has 2 nitrogen and oxygen atoms in total. The van der Waals surface area contributed by atoms with Gasteiger partial charge in [0.1, 0.15) is 5.78 Å². The van der Waals surface area contributed by atoms with Crippen molar-refractivity contribution in [1.29, 1.82) is 0 Å². The maximum absolute atomic E-state index is 12.3. The second-order valence-electron chi connectivity index (χ2n) is 7.92. The molecule has 1 N–H and O–H groups in total. The summed E-state index contributed by atoms with van der Waals surface area (Å²) in [6.07, 6.45) is 13.9. The van der Waals surface area contributed by atoms with Gasteiger partial charge in [-0.2, -0.15) is 0 Å². The number of carbonyl (C=O) groups excluding carboxylic acids is 1. The Bertz CT molecular complexity index is 544. The van der Waals surface area contributed by atoms with Crippen LogP contribution in [0.2, 0.25) is 0 Å². The first kappa shape index (κ1) is 13.8. The Morgan fingerprint density at radius 3 is 2.90 bits per heavy atom. The highest BCUT2D eigenvalue weighted by Gasteiger charge is 2.58. The fourth-order valence-corrected chi connectivity index (χ4v) is 5.52. The highest BCUT2D eigenvalue weighted by atomic mass is 16.3. The summed E-state index contributed by atoms with van der Waals surface area (Å²) in [4.78, 5) is 12.3. The van der Waals surface area contributed by atoms with Crippen LogP contribution in [0.4, 0.5) is 0 Å². The fraction of sp³-hybridized carbons (Fsp3) is 0.737. The van der Waals surface area contributed by atoms with Crippen molar-refractivity contribution in [3.05, 3.63) is 23.3 Å². The molecule has 2 saturated carbocycles. The Hall–Kier alpha value is -0.890. The third-order valence-corrected chi connectivity index (χ3v) is 6.90. The van der Waals surface area contributed by atoms with Crippen molar-refractivity contribution in [3.8, 4) is 0 Å². The number of hydrogen-bond donors (Lipinski definition) is 1. The number of rotatable bonds is 0. The van der Waals surface area contributed by atoms with Crippen LogP contribution >= 0.6 is 0 Å². The standard InChI is InChI=1S/C19H26O2/c1-18-10-9-15-12-14-5-3-2-4-13(14)8-11-19(15,21)16(18)6-7-17(18)20/h9,12-13,16,21H,2-8,10-11H2,1H3/t13?,16?,18?,19-/m1/s1. The first-order valence-corrected chi connectivity index (χ1v) is 8.71. The lowest BCUT2D eigenvalue weighted by atomic mass is 9.61. The second-order valence-corrected chi connectivity index (χ2v) is 7.92. The van der Waals surface area contributed by atoms with Gasteiger partial charge < -0.3 is 5.11 Å². The molecule has 0 saturated heterocycles. The van der Waals surface area contributed by atoms with Crippen molar-refractivity contribution in [2.24, 2.45) is 17.3 Å². The molecule has 21 heavy (non-hydrogen) atoms. The Morgan fingerprint density at radius 1 is 1.19 bits per heavy atom. The van der Waals surface area contributed by atoms with E-state index in [1.54, 1.807) is 5.57 Å². The Balaban J connectivity index is 1.76. The molecule has 4 atom stereocenters. The SMILES string of the molecule is CC12CC=C3C=C4CCCCC4CC[C@]3(O)C1CCC2=O. The minimum absolute atomic E-state index is 0.134. The number of allylic oxidation sites excluding steroid dienone is 2. The first-order chi connectivity index (χ1) is 10.0. The van der Waals surface area contributed by atoms with Crippen LogP contribution in [0.1, 0.15) is 64.7 Å². The molecule has 2 fully saturated rings. The zero-order chi connectivity index (χ0) is 14.7. The molecule has 0 aromatic carbocycles. The van der Waals surface area contributed by atoms with Gasteiger partial charge in [-0.05, 0) is 56.4 Å². The summed E-state index contributed by atoms with van der Waals surface area (Å²) in [6, 6.07) is 0. The normalized spacial score (nSPS) is 45.9. The molecule has 4 rings (SSSR count). The van der Waals surface area contributed by atoms with Gasteiger partial charge in [0.05, 0.1) is 5.60 Å². The average molecular weight is 286 g/mol. The number of fused-ring (bicyclic) bond motifs is 4. The molecule has 4 aliphatic carbocycles. The molecule has 0 spiro atoms. The predicted molar refractivity (Wildman–Crippen MR) is 82.8 cm³/mol. The minimum atomic E-state index is -0.747. The number of carbonyl (C=O) groups is 1. The smallest absolute Gasteiger partial charge is 0.139 e. The molecule has 0 aliphatic heterocycles. The lowest BCUT2D eigenvalue weighted by Crippen LogP contribution is -2.49. The highest BCUT2D eigenvalue weighted by Crippen LogP contribution is 2.57. The van der Waals surface area contributed by atoms with Crippen LogP contribution < -0.4 is 0 Å². The Morgan fingerprint density at radius 2 is 2.05 bits per heavy atom. The predicted octanol–water partition coefficient (Wildman–Crippen LogP) is 3.94. The summed E-state index contributed by atoms with van der Waals surface area (Å²) < 4.78 is 0. The van der Waals surface area contributed by atoms with E-state index in [1.807, 2.05) is 0 Å². The number of Topliss-reactive ketones (excluding diaryl/α,β-unsaturated/α-hetero) is 1. The minimum Gasteiger partial charge on any atom is -0.385 e. The topological polar surface area (TPSA) is 37.3 Å². The van der Waals surface area contributed by atoms with Crippen LogP contribution in [0.25, 0.3) is 0 Å². The van der Waals surface area contributed by atoms with E-state index >= 15 is 0 Å². The molecule has 0 heterocycles. The number of aliphatic hydroxyl groups is 1. The van der Waals surface area contributed by atoms with Crippen LogP contribution in [0.5, 0.6) is 0 Å². The lowest BCUT2D eigenvalue weighted by molar-refractivity contribution is -0.131. The second kappa shape index (κ2) is 4.55. The number of ketones is 1. The molecule has 3 unspecified atom stereocenters. The van der Waals surface area contributed by atoms with Gasteiger partial charge in [0.15, 0.2) is 0 Å². The van der Waals surface area contributed by atoms with Gasteiger partial charge in [0, 0.05) is 17.8 Å². The van der Waals surface area contributed by atoms with Gasteiger partial charge in [0.25, 0.3) is 0 Å². The maximum Gasteiger partial charge on any atom is 0.139 e. The van der Waals surface area contributed by atoms with Crippen LogP contribution in [-0.4, -0.2) is 16.5 Å². The van der Waals surface area contributed by atoms with Crippen molar-refractivity contribution < 1.29 is 9.90 Å². The molecule has 0 amide bonds. The molecule has 114 valence electrons. The van der Waals surface area contributed by atoms with Gasteiger partial charge in [-0.25, -0.2) is 0 Å². The summed E-state index contributed by atoms with van der Waals surface area (Å²) in [5, 5.41) is 11.5. The van der Waals surface area contributed by atoms with Crippen molar-refractivity contribution in [1.82, 2.24) is 0 Å². The lowest BCUT2D eigenvalue weighted by Gasteiger charge is -2.46. The summed E-state index contributed by atoms with van der Waals surface area (Å²) >= 11 is 0. The average Bonchev–Trinajstić information content (AvgIpc) is 2.69. The van der Waals surface area contributed by atoms with Gasteiger partial charge in [-0.15, -0.1) is 0 Å². The van der Waals surface area contributed by atoms with E-state index in [1.165, 1.54) is 25.7 Å². The zero-order valence-electron chi connectivity index (χ0n) is 13.0. The van der Waals surface area contributed by atoms with Gasteiger partial charge in [-0.1, -0.05) is 31.1 Å². The van der Waals surface area contributed by atoms with E-state index in [0.29, 0.717) is 18.1 Å². The van der Waals surface area contributed by atoms with E-state index in [-0.39, 0.29) is 11.3 Å². The molecule has 0 radical (unpaired) electrons. The maximum atomic E-state index is 12.3. The van der Waals surface area contributed by atoms with Crippen molar-refractivity contribution in [2.75, 3.05) is 0 Å². The third kappa shape index (κ3) is 1.84. The molecule has 0 aromatic rings. The van der Waals surface area contributed by atoms with Crippen LogP contribution in [0.15, 0.2) is 23.3 Å². The zero-order valence-corrected chi connectivity index (χ0v) is 13.0. The van der Waals surface area contributed by atoms with Gasteiger partial charge in [-0.3, -0.25) is 4.79 Å². The van der Waals surface area contributed by atoms with E-state index < -0.39 is 5.60 Å². The molecule has 4 aliphatic rings. The molecule has 0 bridgehead atoms. The first-order valence-electron chi connectivity index (χ1n) is 8.71. The summed E-state index contributed by atoms with van der Waals surface area (Å²) in [5.74, 6) is 1.18. The molecule has 2 heteroatoms. The third-order valence-electron chi connectivity index (χ3n) is 6.90. The highest BCUT2D eigenvalue weighted by molar-refractivity contribution is 5.88. The van der Waals surface area contributed by atoms with Gasteiger partial charge >= 0.3 is 0 Å². The Labute approximate surface area is 127 Å². The van der Waals surface area contributed by atoms with Crippen LogP contribution in [-0.2, 0) is 4.79 Å². The van der Waals surface area contributed by atoms with E-state index in [0.717, 1.165) is 31.3 Å². The van der Waals surface area contributed by atoms with Crippen molar-refractivity contribution in [3.63, 3.8) is 0 Å². The fourth-order valence-electron chi connectivity index (χ4n) is 5.52.